The Kier molecular flexibility index (Phi) is 6.00. The van der Waals surface area contributed by atoms with Gasteiger partial charge in [-0.3, -0.25) is 0 Å². The molecule has 1 heterocycles. The molecule has 4 nitrogen and oxygen atoms in total. The molecule has 1 atom stereocenters. The molecule has 0 bridgehead atoms. The third kappa shape index (κ3) is 5.41. The molecule has 164 valence electrons. The lowest BCUT2D eigenvalue weighted by molar-refractivity contribution is 0.253. The molecule has 31 heavy (non-hydrogen) atoms. The van der Waals surface area contributed by atoms with Gasteiger partial charge in [-0.15, -0.1) is 0 Å². The molecule has 1 fully saturated rings. The number of nitrogens with one attached hydrogen (secondary N) is 1. The zero-order valence-corrected chi connectivity index (χ0v) is 18.7. The zero-order chi connectivity index (χ0) is 22.1. The van der Waals surface area contributed by atoms with Gasteiger partial charge in [0, 0.05) is 23.8 Å². The number of aromatic nitrogens is 2. The topological polar surface area (TPSA) is 55.9 Å². The van der Waals surface area contributed by atoms with E-state index < -0.39 is 0 Å². The van der Waals surface area contributed by atoms with Crippen LogP contribution in [0, 0.1) is 11.2 Å². The number of halogens is 1. The van der Waals surface area contributed by atoms with Crippen molar-refractivity contribution in [1.29, 1.82) is 0 Å². The van der Waals surface area contributed by atoms with E-state index in [4.69, 9.17) is 10.7 Å². The largest absolute Gasteiger partial charge is 0.329 e. The molecule has 0 unspecified atom stereocenters. The van der Waals surface area contributed by atoms with Gasteiger partial charge in [0.1, 0.15) is 11.6 Å². The van der Waals surface area contributed by atoms with E-state index in [0.29, 0.717) is 6.54 Å². The van der Waals surface area contributed by atoms with Crippen molar-refractivity contribution in [3.05, 3.63) is 78.0 Å². The minimum Gasteiger partial charge on any atom is -0.329 e. The Bertz CT molecular complexity index is 1020. The molecule has 0 radical (unpaired) electrons. The molecule has 3 aromatic rings. The number of hydrogen-bond acceptors (Lipinski definition) is 3. The van der Waals surface area contributed by atoms with Crippen LogP contribution in [-0.4, -0.2) is 21.6 Å². The quantitative estimate of drug-likeness (QED) is 0.520. The van der Waals surface area contributed by atoms with E-state index in [1.165, 1.54) is 11.6 Å². The van der Waals surface area contributed by atoms with Crippen molar-refractivity contribution in [2.45, 2.75) is 58.2 Å². The summed E-state index contributed by atoms with van der Waals surface area (Å²) in [5, 5.41) is 3.74. The van der Waals surface area contributed by atoms with Crippen LogP contribution in [0.3, 0.4) is 0 Å². The molecule has 1 saturated carbocycles. The normalized spacial score (nSPS) is 16.3. The van der Waals surface area contributed by atoms with E-state index in [-0.39, 0.29) is 22.8 Å². The van der Waals surface area contributed by atoms with Crippen molar-refractivity contribution in [2.75, 3.05) is 6.54 Å². The third-order valence-electron chi connectivity index (χ3n) is 6.11. The van der Waals surface area contributed by atoms with E-state index in [0.717, 1.165) is 42.9 Å². The maximum atomic E-state index is 13.9. The van der Waals surface area contributed by atoms with Gasteiger partial charge in [-0.25, -0.2) is 9.37 Å². The van der Waals surface area contributed by atoms with Crippen LogP contribution in [0.25, 0.3) is 11.3 Å². The number of imidazole rings is 1. The molecule has 0 spiro atoms. The molecule has 3 N–H and O–H groups in total. The SMILES string of the molecule is CC(C)(C)[C@@H](NCCC1(N)CC1)c1nc(-c2cccc(F)c2)cn1Cc1ccccc1. The first-order chi connectivity index (χ1) is 14.7. The summed E-state index contributed by atoms with van der Waals surface area (Å²) in [5.41, 5.74) is 9.06. The molecular weight excluding hydrogens is 387 g/mol. The maximum absolute atomic E-state index is 13.9. The van der Waals surface area contributed by atoms with E-state index >= 15 is 0 Å². The fourth-order valence-electron chi connectivity index (χ4n) is 4.02. The molecule has 1 aliphatic rings. The van der Waals surface area contributed by atoms with E-state index in [2.05, 4.69) is 54.9 Å². The Hall–Kier alpha value is -2.50. The zero-order valence-electron chi connectivity index (χ0n) is 18.7. The number of rotatable bonds is 8. The average molecular weight is 421 g/mol. The fourth-order valence-corrected chi connectivity index (χ4v) is 4.02. The monoisotopic (exact) mass is 420 g/mol. The minimum atomic E-state index is -0.250. The van der Waals surface area contributed by atoms with E-state index in [1.54, 1.807) is 12.1 Å². The maximum Gasteiger partial charge on any atom is 0.127 e. The van der Waals surface area contributed by atoms with Crippen molar-refractivity contribution in [3.8, 4) is 11.3 Å². The number of benzene rings is 2. The summed E-state index contributed by atoms with van der Waals surface area (Å²) >= 11 is 0. The first-order valence-electron chi connectivity index (χ1n) is 11.1. The molecule has 1 aliphatic carbocycles. The second-order valence-corrected chi connectivity index (χ2v) is 9.97. The molecular formula is C26H33FN4. The van der Waals surface area contributed by atoms with Crippen molar-refractivity contribution < 1.29 is 4.39 Å². The van der Waals surface area contributed by atoms with Gasteiger partial charge in [0.15, 0.2) is 0 Å². The first-order valence-corrected chi connectivity index (χ1v) is 11.1. The standard InChI is InChI=1S/C26H33FN4/c1-25(2,3)23(29-15-14-26(28)12-13-26)24-30-22(20-10-7-11-21(27)16-20)18-31(24)17-19-8-5-4-6-9-19/h4-11,16,18,23,29H,12-15,17,28H2,1-3H3/t23-/m0/s1. The average Bonchev–Trinajstić information content (AvgIpc) is 3.31. The van der Waals surface area contributed by atoms with Crippen LogP contribution in [0.1, 0.15) is 57.5 Å². The minimum absolute atomic E-state index is 0.0155. The summed E-state index contributed by atoms with van der Waals surface area (Å²) < 4.78 is 16.1. The lowest BCUT2D eigenvalue weighted by Gasteiger charge is -2.32. The second-order valence-electron chi connectivity index (χ2n) is 9.97. The van der Waals surface area contributed by atoms with Crippen LogP contribution in [0.2, 0.25) is 0 Å². The Labute approximate surface area is 184 Å². The number of nitrogens with two attached hydrogens (primary N) is 1. The Morgan fingerprint density at radius 2 is 1.87 bits per heavy atom. The lowest BCUT2D eigenvalue weighted by atomic mass is 9.86. The Balaban J connectivity index is 1.69. The summed E-state index contributed by atoms with van der Waals surface area (Å²) in [6.45, 7) is 8.25. The predicted molar refractivity (Wildman–Crippen MR) is 124 cm³/mol. The molecule has 0 aliphatic heterocycles. The van der Waals surface area contributed by atoms with E-state index in [9.17, 15) is 4.39 Å². The molecule has 4 rings (SSSR count). The molecule has 1 aromatic heterocycles. The highest BCUT2D eigenvalue weighted by molar-refractivity contribution is 5.58. The van der Waals surface area contributed by atoms with Gasteiger partial charge in [-0.2, -0.15) is 0 Å². The lowest BCUT2D eigenvalue weighted by Crippen LogP contribution is -2.37. The smallest absolute Gasteiger partial charge is 0.127 e. The number of nitrogens with zero attached hydrogens (tertiary/aromatic N) is 2. The van der Waals surface area contributed by atoms with Gasteiger partial charge >= 0.3 is 0 Å². The van der Waals surface area contributed by atoms with Crippen LogP contribution < -0.4 is 11.1 Å². The van der Waals surface area contributed by atoms with Gasteiger partial charge < -0.3 is 15.6 Å². The van der Waals surface area contributed by atoms with Gasteiger partial charge in [0.2, 0.25) is 0 Å². The van der Waals surface area contributed by atoms with Crippen LogP contribution in [0.4, 0.5) is 4.39 Å². The summed E-state index contributed by atoms with van der Waals surface area (Å²) in [5.74, 6) is 0.720. The third-order valence-corrected chi connectivity index (χ3v) is 6.11. The van der Waals surface area contributed by atoms with Gasteiger partial charge in [0.25, 0.3) is 0 Å². The van der Waals surface area contributed by atoms with Crippen LogP contribution in [0.15, 0.2) is 60.8 Å². The van der Waals surface area contributed by atoms with Crippen molar-refractivity contribution in [2.24, 2.45) is 11.1 Å². The highest BCUT2D eigenvalue weighted by Crippen LogP contribution is 2.37. The van der Waals surface area contributed by atoms with Crippen molar-refractivity contribution in [1.82, 2.24) is 14.9 Å². The fraction of sp³-hybridized carbons (Fsp3) is 0.423. The Morgan fingerprint density at radius 3 is 2.52 bits per heavy atom. The van der Waals surface area contributed by atoms with Crippen LogP contribution in [0.5, 0.6) is 0 Å². The summed E-state index contributed by atoms with van der Waals surface area (Å²) in [7, 11) is 0. The van der Waals surface area contributed by atoms with Gasteiger partial charge in [-0.1, -0.05) is 63.2 Å². The van der Waals surface area contributed by atoms with Crippen molar-refractivity contribution >= 4 is 0 Å². The van der Waals surface area contributed by atoms with Gasteiger partial charge in [-0.05, 0) is 48.9 Å². The highest BCUT2D eigenvalue weighted by atomic mass is 19.1. The molecule has 5 heteroatoms. The number of hydrogen-bond donors (Lipinski definition) is 2. The van der Waals surface area contributed by atoms with Crippen LogP contribution in [-0.2, 0) is 6.54 Å². The molecule has 0 amide bonds. The van der Waals surface area contributed by atoms with Crippen LogP contribution >= 0.6 is 0 Å². The summed E-state index contributed by atoms with van der Waals surface area (Å²) in [6.07, 6.45) is 5.24. The van der Waals surface area contributed by atoms with Gasteiger partial charge in [0.05, 0.1) is 11.7 Å². The molecule has 0 saturated heterocycles. The predicted octanol–water partition coefficient (Wildman–Crippen LogP) is 5.30. The Morgan fingerprint density at radius 1 is 1.13 bits per heavy atom. The van der Waals surface area contributed by atoms with E-state index in [1.807, 2.05) is 18.3 Å². The molecule has 2 aromatic carbocycles. The summed E-state index contributed by atoms with van der Waals surface area (Å²) in [6, 6.07) is 17.1. The van der Waals surface area contributed by atoms with Crippen molar-refractivity contribution in [3.63, 3.8) is 0 Å². The second kappa shape index (κ2) is 8.56. The first kappa shape index (κ1) is 21.7. The highest BCUT2D eigenvalue weighted by Gasteiger charge is 2.38. The summed E-state index contributed by atoms with van der Waals surface area (Å²) in [4.78, 5) is 5.02.